The maximum absolute atomic E-state index is 13.5. The Kier molecular flexibility index (Phi) is 5.85. The molecule has 0 aromatic heterocycles. The first-order valence-electron chi connectivity index (χ1n) is 10.0. The number of hydrogen-bond acceptors (Lipinski definition) is 3. The van der Waals surface area contributed by atoms with Gasteiger partial charge in [0.1, 0.15) is 0 Å². The molecule has 1 aliphatic carbocycles. The molecule has 2 atom stereocenters. The van der Waals surface area contributed by atoms with Gasteiger partial charge >= 0.3 is 0 Å². The number of nitrogens with zero attached hydrogens (tertiary/aromatic N) is 2. The lowest BCUT2D eigenvalue weighted by Crippen LogP contribution is -2.41. The first-order chi connectivity index (χ1) is 15.1. The van der Waals surface area contributed by atoms with Gasteiger partial charge in [0.2, 0.25) is 0 Å². The molecule has 1 fully saturated rings. The van der Waals surface area contributed by atoms with Gasteiger partial charge in [-0.05, 0) is 28.8 Å². The van der Waals surface area contributed by atoms with E-state index < -0.39 is 17.3 Å². The monoisotopic (exact) mass is 466 g/mol. The van der Waals surface area contributed by atoms with Gasteiger partial charge in [-0.3, -0.25) is 4.79 Å². The molecule has 0 heterocycles. The molecule has 0 aliphatic heterocycles. The molecular weight excluding hydrogens is 448 g/mol. The second-order valence-electron chi connectivity index (χ2n) is 7.65. The zero-order valence-electron chi connectivity index (χ0n) is 16.7. The van der Waals surface area contributed by atoms with Crippen LogP contribution in [0, 0.1) is 28.1 Å². The third kappa shape index (κ3) is 3.72. The molecule has 0 spiro atoms. The maximum Gasteiger partial charge on any atom is 0.162 e. The minimum absolute atomic E-state index is 0.0421. The molecule has 3 aromatic rings. The summed E-state index contributed by atoms with van der Waals surface area (Å²) in [5.41, 5.74) is 1.52. The van der Waals surface area contributed by atoms with Crippen molar-refractivity contribution in [2.75, 3.05) is 0 Å². The van der Waals surface area contributed by atoms with Crippen LogP contribution in [-0.2, 0) is 4.79 Å². The Bertz CT molecular complexity index is 1210. The number of Topliss-reactive ketones (excluding diaryl/α,β-unsaturated/α-hetero) is 1. The molecule has 0 N–H and O–H groups in total. The number of halogens is 1. The molecular formula is C27H19BrN2O. The average molecular weight is 467 g/mol. The van der Waals surface area contributed by atoms with Gasteiger partial charge in [0.05, 0.1) is 12.1 Å². The summed E-state index contributed by atoms with van der Waals surface area (Å²) in [5, 5.41) is 20.9. The fourth-order valence-electron chi connectivity index (χ4n) is 4.46. The molecule has 1 saturated carbocycles. The van der Waals surface area contributed by atoms with Crippen LogP contribution in [0.3, 0.4) is 0 Å². The topological polar surface area (TPSA) is 64.7 Å². The van der Waals surface area contributed by atoms with E-state index in [9.17, 15) is 15.3 Å². The Morgan fingerprint density at radius 1 is 0.871 bits per heavy atom. The zero-order valence-corrected chi connectivity index (χ0v) is 18.3. The van der Waals surface area contributed by atoms with Crippen LogP contribution in [0.4, 0.5) is 0 Å². The van der Waals surface area contributed by atoms with Crippen LogP contribution in [0.1, 0.15) is 34.9 Å². The highest BCUT2D eigenvalue weighted by molar-refractivity contribution is 9.10. The maximum atomic E-state index is 13.5. The smallest absolute Gasteiger partial charge is 0.162 e. The van der Waals surface area contributed by atoms with Crippen molar-refractivity contribution >= 4 is 27.8 Å². The minimum Gasteiger partial charge on any atom is -0.295 e. The molecule has 150 valence electrons. The van der Waals surface area contributed by atoms with E-state index in [-0.39, 0.29) is 12.2 Å². The van der Waals surface area contributed by atoms with E-state index in [1.54, 1.807) is 0 Å². The van der Waals surface area contributed by atoms with Gasteiger partial charge in [0.15, 0.2) is 11.2 Å². The number of carbonyl (C=O) groups is 1. The highest BCUT2D eigenvalue weighted by Crippen LogP contribution is 2.56. The van der Waals surface area contributed by atoms with Gasteiger partial charge in [-0.25, -0.2) is 0 Å². The first kappa shape index (κ1) is 20.8. The second kappa shape index (κ2) is 8.72. The van der Waals surface area contributed by atoms with Gasteiger partial charge in [-0.1, -0.05) is 94.8 Å². The van der Waals surface area contributed by atoms with Crippen LogP contribution in [0.5, 0.6) is 0 Å². The largest absolute Gasteiger partial charge is 0.295 e. The number of hydrogen-bond donors (Lipinski definition) is 0. The Hall–Kier alpha value is -3.47. The fourth-order valence-corrected chi connectivity index (χ4v) is 4.98. The van der Waals surface area contributed by atoms with E-state index in [1.807, 2.05) is 91.0 Å². The first-order valence-corrected chi connectivity index (χ1v) is 10.8. The summed E-state index contributed by atoms with van der Waals surface area (Å²) in [7, 11) is 0. The number of benzene rings is 3. The van der Waals surface area contributed by atoms with Crippen LogP contribution in [0.2, 0.25) is 0 Å². The van der Waals surface area contributed by atoms with E-state index in [0.29, 0.717) is 5.57 Å². The van der Waals surface area contributed by atoms with Crippen molar-refractivity contribution < 1.29 is 4.79 Å². The van der Waals surface area contributed by atoms with E-state index in [2.05, 4.69) is 28.1 Å². The van der Waals surface area contributed by atoms with Crippen LogP contribution in [-0.4, -0.2) is 5.78 Å². The van der Waals surface area contributed by atoms with Gasteiger partial charge in [-0.2, -0.15) is 10.5 Å². The summed E-state index contributed by atoms with van der Waals surface area (Å²) in [6.07, 6.45) is 1.95. The molecule has 1 aliphatic rings. The Balaban J connectivity index is 2.00. The molecule has 4 rings (SSSR count). The Labute approximate surface area is 190 Å². The summed E-state index contributed by atoms with van der Waals surface area (Å²) in [4.78, 5) is 13.5. The Morgan fingerprint density at radius 2 is 1.45 bits per heavy atom. The molecule has 3 nitrogen and oxygen atoms in total. The minimum atomic E-state index is -1.43. The molecule has 0 radical (unpaired) electrons. The van der Waals surface area contributed by atoms with E-state index in [1.165, 1.54) is 0 Å². The van der Waals surface area contributed by atoms with Crippen molar-refractivity contribution in [3.63, 3.8) is 0 Å². The zero-order chi connectivity index (χ0) is 21.8. The van der Waals surface area contributed by atoms with Crippen LogP contribution in [0.15, 0.2) is 95.0 Å². The lowest BCUT2D eigenvalue weighted by molar-refractivity contribution is -0.118. The van der Waals surface area contributed by atoms with Crippen LogP contribution in [0.25, 0.3) is 6.08 Å². The van der Waals surface area contributed by atoms with Gasteiger partial charge in [0, 0.05) is 28.3 Å². The van der Waals surface area contributed by atoms with Crippen molar-refractivity contribution in [2.24, 2.45) is 5.41 Å². The Morgan fingerprint density at radius 3 is 2.06 bits per heavy atom. The van der Waals surface area contributed by atoms with Crippen molar-refractivity contribution in [1.82, 2.24) is 0 Å². The quantitative estimate of drug-likeness (QED) is 0.419. The van der Waals surface area contributed by atoms with Crippen molar-refractivity contribution in [3.8, 4) is 12.1 Å². The van der Waals surface area contributed by atoms with Gasteiger partial charge in [0.25, 0.3) is 0 Å². The molecule has 4 heteroatoms. The van der Waals surface area contributed by atoms with E-state index in [4.69, 9.17) is 0 Å². The number of rotatable bonds is 3. The highest BCUT2D eigenvalue weighted by atomic mass is 79.9. The summed E-state index contributed by atoms with van der Waals surface area (Å²) in [6, 6.07) is 31.2. The standard InChI is InChI=1S/C27H19BrN2O/c28-24-14-8-7-13-21(24)26-22(15-19-9-3-1-4-10-19)25(31)16-23(27(26,17-29)18-30)20-11-5-2-6-12-20/h1-15,23,26H,16H2/b22-15-/t23-,26+/m0/s1. The predicted molar refractivity (Wildman–Crippen MR) is 124 cm³/mol. The van der Waals surface area contributed by atoms with Crippen LogP contribution < -0.4 is 0 Å². The van der Waals surface area contributed by atoms with E-state index >= 15 is 0 Å². The molecule has 0 bridgehead atoms. The summed E-state index contributed by atoms with van der Waals surface area (Å²) < 4.78 is 0.773. The number of carbonyl (C=O) groups excluding carboxylic acids is 1. The van der Waals surface area contributed by atoms with Crippen molar-refractivity contribution in [1.29, 1.82) is 10.5 Å². The molecule has 0 unspecified atom stereocenters. The normalized spacial score (nSPS) is 21.3. The molecule has 31 heavy (non-hydrogen) atoms. The average Bonchev–Trinajstić information content (AvgIpc) is 2.82. The van der Waals surface area contributed by atoms with Crippen molar-refractivity contribution in [2.45, 2.75) is 18.3 Å². The van der Waals surface area contributed by atoms with Crippen molar-refractivity contribution in [3.05, 3.63) is 112 Å². The van der Waals surface area contributed by atoms with Gasteiger partial charge < -0.3 is 0 Å². The summed E-state index contributed by atoms with van der Waals surface area (Å²) in [6.45, 7) is 0. The lowest BCUT2D eigenvalue weighted by atomic mass is 9.55. The summed E-state index contributed by atoms with van der Waals surface area (Å²) in [5.74, 6) is -1.26. The molecule has 3 aromatic carbocycles. The van der Waals surface area contributed by atoms with E-state index in [0.717, 1.165) is 21.2 Å². The molecule has 0 saturated heterocycles. The number of allylic oxidation sites excluding steroid dienone is 1. The highest BCUT2D eigenvalue weighted by Gasteiger charge is 2.55. The summed E-state index contributed by atoms with van der Waals surface area (Å²) >= 11 is 3.59. The lowest BCUT2D eigenvalue weighted by Gasteiger charge is -2.42. The second-order valence-corrected chi connectivity index (χ2v) is 8.50. The SMILES string of the molecule is N#CC1(C#N)[C@H](c2ccccc2)CC(=O)/C(=C/c2ccccc2)[C@H]1c1ccccc1Br. The third-order valence-electron chi connectivity index (χ3n) is 5.94. The fraction of sp³-hybridized carbons (Fsp3) is 0.148. The third-order valence-corrected chi connectivity index (χ3v) is 6.66. The molecule has 0 amide bonds. The number of nitriles is 2. The van der Waals surface area contributed by atoms with Gasteiger partial charge in [-0.15, -0.1) is 0 Å². The predicted octanol–water partition coefficient (Wildman–Crippen LogP) is 6.41. The number of ketones is 1. The van der Waals surface area contributed by atoms with Crippen LogP contribution >= 0.6 is 15.9 Å².